The summed E-state index contributed by atoms with van der Waals surface area (Å²) in [6.45, 7) is 16.1. The van der Waals surface area contributed by atoms with Crippen LogP contribution in [0.5, 0.6) is 0 Å². The van der Waals surface area contributed by atoms with Gasteiger partial charge in [0.05, 0.1) is 0 Å². The van der Waals surface area contributed by atoms with Gasteiger partial charge >= 0.3 is 0 Å². The minimum Gasteiger partial charge on any atom is -0.329 e. The molecule has 1 aromatic carbocycles. The van der Waals surface area contributed by atoms with Crippen molar-refractivity contribution >= 4 is 0 Å². The lowest BCUT2D eigenvalue weighted by molar-refractivity contribution is 0.540. The number of allylic oxidation sites excluding steroid dienone is 3. The zero-order chi connectivity index (χ0) is 18.5. The Balaban J connectivity index is 0.000000363. The van der Waals surface area contributed by atoms with Crippen LogP contribution in [0.15, 0.2) is 48.1 Å². The molecular formula is C22H38N2. The smallest absolute Gasteiger partial charge is 0.00461 e. The first-order valence-corrected chi connectivity index (χ1v) is 9.09. The number of hydrogen-bond donors (Lipinski definition) is 2. The summed E-state index contributed by atoms with van der Waals surface area (Å²) >= 11 is 0. The predicted octanol–water partition coefficient (Wildman–Crippen LogP) is 5.33. The largest absolute Gasteiger partial charge is 0.329 e. The minimum atomic E-state index is 0.597. The fourth-order valence-corrected chi connectivity index (χ4v) is 2.36. The Bertz CT molecular complexity index is 481. The molecule has 0 amide bonds. The zero-order valence-electron chi connectivity index (χ0n) is 16.4. The standard InChI is InChI=1S/C10H16.C10H14.C2H8N2/c2*1-8(2)10-6-4-9(3)5-7-10;3-1-2-4/h4,10H,1,5-7H2,2-3H3;4-8H,1-3H3;1-4H2. The zero-order valence-corrected chi connectivity index (χ0v) is 16.4. The highest BCUT2D eigenvalue weighted by atomic mass is 14.6. The number of benzene rings is 1. The highest BCUT2D eigenvalue weighted by Gasteiger charge is 2.11. The first-order valence-electron chi connectivity index (χ1n) is 9.09. The van der Waals surface area contributed by atoms with E-state index < -0.39 is 0 Å². The van der Waals surface area contributed by atoms with Gasteiger partial charge in [-0.1, -0.05) is 67.5 Å². The summed E-state index contributed by atoms with van der Waals surface area (Å²) in [5, 5.41) is 0. The summed E-state index contributed by atoms with van der Waals surface area (Å²) in [6.07, 6.45) is 6.17. The van der Waals surface area contributed by atoms with E-state index in [9.17, 15) is 0 Å². The maximum atomic E-state index is 4.90. The third-order valence-corrected chi connectivity index (χ3v) is 4.25. The van der Waals surface area contributed by atoms with Crippen LogP contribution in [0, 0.1) is 12.8 Å². The van der Waals surface area contributed by atoms with Crippen LogP contribution in [0.1, 0.15) is 64.0 Å². The average molecular weight is 331 g/mol. The molecule has 0 fully saturated rings. The molecule has 24 heavy (non-hydrogen) atoms. The molecule has 1 aromatic rings. The van der Waals surface area contributed by atoms with E-state index in [-0.39, 0.29) is 0 Å². The maximum Gasteiger partial charge on any atom is 0.00461 e. The fraction of sp³-hybridized carbons (Fsp3) is 0.545. The molecule has 1 aliphatic carbocycles. The maximum absolute atomic E-state index is 4.90. The molecule has 2 heteroatoms. The SMILES string of the molecule is C=C(C)C1CC=C(C)CC1.Cc1ccc(C(C)C)cc1.NCCN. The van der Waals surface area contributed by atoms with E-state index in [0.717, 1.165) is 5.92 Å². The van der Waals surface area contributed by atoms with Gasteiger partial charge in [0.1, 0.15) is 0 Å². The first-order chi connectivity index (χ1) is 11.3. The lowest BCUT2D eigenvalue weighted by Gasteiger charge is -2.19. The van der Waals surface area contributed by atoms with Crippen molar-refractivity contribution in [1.29, 1.82) is 0 Å². The van der Waals surface area contributed by atoms with Crippen molar-refractivity contribution in [2.24, 2.45) is 17.4 Å². The number of aryl methyl sites for hydroxylation is 1. The normalized spacial score (nSPS) is 16.3. The molecular weight excluding hydrogens is 292 g/mol. The van der Waals surface area contributed by atoms with E-state index in [4.69, 9.17) is 11.5 Å². The van der Waals surface area contributed by atoms with Gasteiger partial charge in [-0.2, -0.15) is 0 Å². The second kappa shape index (κ2) is 13.0. The van der Waals surface area contributed by atoms with E-state index in [1.165, 1.54) is 36.0 Å². The van der Waals surface area contributed by atoms with Gasteiger partial charge in [0.15, 0.2) is 0 Å². The second-order valence-electron chi connectivity index (χ2n) is 7.01. The van der Waals surface area contributed by atoms with Crippen LogP contribution in [-0.4, -0.2) is 13.1 Å². The Kier molecular flexibility index (Phi) is 12.2. The molecule has 0 spiro atoms. The van der Waals surface area contributed by atoms with Crippen LogP contribution in [0.25, 0.3) is 0 Å². The Labute approximate surface area is 150 Å². The van der Waals surface area contributed by atoms with Crippen molar-refractivity contribution < 1.29 is 0 Å². The van der Waals surface area contributed by atoms with Crippen LogP contribution in [0.4, 0.5) is 0 Å². The second-order valence-corrected chi connectivity index (χ2v) is 7.01. The number of rotatable bonds is 3. The predicted molar refractivity (Wildman–Crippen MR) is 109 cm³/mol. The van der Waals surface area contributed by atoms with Crippen molar-refractivity contribution in [2.75, 3.05) is 13.1 Å². The van der Waals surface area contributed by atoms with E-state index in [2.05, 4.69) is 71.5 Å². The van der Waals surface area contributed by atoms with Gasteiger partial charge in [-0.3, -0.25) is 0 Å². The quantitative estimate of drug-likeness (QED) is 0.736. The van der Waals surface area contributed by atoms with Crippen LogP contribution >= 0.6 is 0 Å². The highest BCUT2D eigenvalue weighted by molar-refractivity contribution is 5.23. The van der Waals surface area contributed by atoms with Gasteiger partial charge in [-0.15, -0.1) is 0 Å². The summed E-state index contributed by atoms with van der Waals surface area (Å²) < 4.78 is 0. The third-order valence-electron chi connectivity index (χ3n) is 4.25. The Morgan fingerprint density at radius 3 is 2.00 bits per heavy atom. The van der Waals surface area contributed by atoms with Gasteiger partial charge < -0.3 is 11.5 Å². The number of hydrogen-bond acceptors (Lipinski definition) is 2. The van der Waals surface area contributed by atoms with Crippen LogP contribution in [0.3, 0.4) is 0 Å². The van der Waals surface area contributed by atoms with E-state index in [1.807, 2.05) is 0 Å². The van der Waals surface area contributed by atoms with Crippen LogP contribution < -0.4 is 11.5 Å². The molecule has 1 unspecified atom stereocenters. The molecule has 136 valence electrons. The van der Waals surface area contributed by atoms with Crippen molar-refractivity contribution in [2.45, 2.75) is 59.8 Å². The Morgan fingerprint density at radius 1 is 1.12 bits per heavy atom. The molecule has 0 saturated carbocycles. The summed E-state index contributed by atoms with van der Waals surface area (Å²) in [4.78, 5) is 0. The van der Waals surface area contributed by atoms with Crippen molar-refractivity contribution in [3.63, 3.8) is 0 Å². The molecule has 4 N–H and O–H groups in total. The van der Waals surface area contributed by atoms with Gasteiger partial charge in [0.2, 0.25) is 0 Å². The van der Waals surface area contributed by atoms with E-state index in [1.54, 1.807) is 5.57 Å². The van der Waals surface area contributed by atoms with Crippen molar-refractivity contribution in [3.8, 4) is 0 Å². The molecule has 0 aliphatic heterocycles. The van der Waals surface area contributed by atoms with E-state index >= 15 is 0 Å². The minimum absolute atomic E-state index is 0.597. The molecule has 2 nitrogen and oxygen atoms in total. The van der Waals surface area contributed by atoms with E-state index in [0.29, 0.717) is 19.0 Å². The molecule has 1 aliphatic rings. The fourth-order valence-electron chi connectivity index (χ4n) is 2.36. The lowest BCUT2D eigenvalue weighted by atomic mass is 9.86. The van der Waals surface area contributed by atoms with Crippen LogP contribution in [0.2, 0.25) is 0 Å². The van der Waals surface area contributed by atoms with Gasteiger partial charge in [-0.05, 0) is 57.4 Å². The highest BCUT2D eigenvalue weighted by Crippen LogP contribution is 2.27. The van der Waals surface area contributed by atoms with Gasteiger partial charge in [0, 0.05) is 13.1 Å². The molecule has 1 atom stereocenters. The molecule has 0 aromatic heterocycles. The summed E-state index contributed by atoms with van der Waals surface area (Å²) in [5.74, 6) is 1.42. The molecule has 0 saturated heterocycles. The van der Waals surface area contributed by atoms with Gasteiger partial charge in [0.25, 0.3) is 0 Å². The van der Waals surface area contributed by atoms with Crippen molar-refractivity contribution in [1.82, 2.24) is 0 Å². The summed E-state index contributed by atoms with van der Waals surface area (Å²) in [7, 11) is 0. The Hall–Kier alpha value is -1.38. The van der Waals surface area contributed by atoms with Crippen molar-refractivity contribution in [3.05, 3.63) is 59.2 Å². The molecule has 0 radical (unpaired) electrons. The Morgan fingerprint density at radius 2 is 1.67 bits per heavy atom. The topological polar surface area (TPSA) is 52.0 Å². The molecule has 0 heterocycles. The lowest BCUT2D eigenvalue weighted by Crippen LogP contribution is -2.11. The number of nitrogens with two attached hydrogens (primary N) is 2. The molecule has 2 rings (SSSR count). The summed E-state index contributed by atoms with van der Waals surface area (Å²) in [5.41, 5.74) is 15.5. The average Bonchev–Trinajstić information content (AvgIpc) is 2.56. The first kappa shape index (κ1) is 22.6. The summed E-state index contributed by atoms with van der Waals surface area (Å²) in [6, 6.07) is 8.71. The monoisotopic (exact) mass is 330 g/mol. The van der Waals surface area contributed by atoms with Crippen LogP contribution in [-0.2, 0) is 0 Å². The molecule has 0 bridgehead atoms. The van der Waals surface area contributed by atoms with Gasteiger partial charge in [-0.25, -0.2) is 0 Å². The third kappa shape index (κ3) is 10.4.